The number of aryl methyl sites for hydroxylation is 1. The molecule has 0 aromatic heterocycles. The number of carbonyl (C=O) groups is 1. The monoisotopic (exact) mass is 355 g/mol. The molecule has 0 bridgehead atoms. The molecule has 1 aromatic carbocycles. The summed E-state index contributed by atoms with van der Waals surface area (Å²) in [7, 11) is 0. The lowest BCUT2D eigenvalue weighted by Crippen LogP contribution is -2.44. The molecule has 1 heterocycles. The molecule has 5 heteroatoms. The van der Waals surface area contributed by atoms with E-state index >= 15 is 0 Å². The zero-order valence-electron chi connectivity index (χ0n) is 13.0. The Labute approximate surface area is 134 Å². The third kappa shape index (κ3) is 4.71. The third-order valence-electron chi connectivity index (χ3n) is 3.15. The Morgan fingerprint density at radius 1 is 1.38 bits per heavy atom. The lowest BCUT2D eigenvalue weighted by atomic mass is 10.1. The highest BCUT2D eigenvalue weighted by Gasteiger charge is 2.29. The van der Waals surface area contributed by atoms with Crippen molar-refractivity contribution in [2.24, 2.45) is 0 Å². The Hall–Kier alpha value is -1.07. The molecule has 0 spiro atoms. The molecule has 1 saturated heterocycles. The highest BCUT2D eigenvalue weighted by molar-refractivity contribution is 9.10. The van der Waals surface area contributed by atoms with Crippen LogP contribution >= 0.6 is 15.9 Å². The summed E-state index contributed by atoms with van der Waals surface area (Å²) in [6.45, 7) is 9.28. The summed E-state index contributed by atoms with van der Waals surface area (Å²) < 4.78 is 12.3. The van der Waals surface area contributed by atoms with Gasteiger partial charge in [-0.15, -0.1) is 0 Å². The second-order valence-electron chi connectivity index (χ2n) is 6.35. The van der Waals surface area contributed by atoms with Crippen molar-refractivity contribution in [3.05, 3.63) is 33.8 Å². The molecule has 0 aliphatic carbocycles. The highest BCUT2D eigenvalue weighted by atomic mass is 79.9. The summed E-state index contributed by atoms with van der Waals surface area (Å²) in [4.78, 5) is 13.9. The molecular weight excluding hydrogens is 334 g/mol. The maximum Gasteiger partial charge on any atom is 0.410 e. The van der Waals surface area contributed by atoms with Gasteiger partial charge in [0.2, 0.25) is 0 Å². The number of halogens is 1. The Kier molecular flexibility index (Phi) is 4.94. The van der Waals surface area contributed by atoms with Gasteiger partial charge in [-0.25, -0.2) is 4.79 Å². The summed E-state index contributed by atoms with van der Waals surface area (Å²) in [5, 5.41) is 0. The lowest BCUT2D eigenvalue weighted by molar-refractivity contribution is -0.0433. The van der Waals surface area contributed by atoms with Crippen LogP contribution in [0.15, 0.2) is 22.7 Å². The van der Waals surface area contributed by atoms with Crippen LogP contribution in [0, 0.1) is 6.92 Å². The predicted octanol–water partition coefficient (Wildman–Crippen LogP) is 4.07. The molecule has 4 nitrogen and oxygen atoms in total. The predicted molar refractivity (Wildman–Crippen MR) is 85.4 cm³/mol. The fourth-order valence-electron chi connectivity index (χ4n) is 2.29. The molecule has 1 unspecified atom stereocenters. The van der Waals surface area contributed by atoms with E-state index in [9.17, 15) is 4.79 Å². The van der Waals surface area contributed by atoms with Gasteiger partial charge in [-0.05, 0) is 51.0 Å². The first-order valence-corrected chi connectivity index (χ1v) is 7.90. The van der Waals surface area contributed by atoms with Crippen molar-refractivity contribution >= 4 is 22.0 Å². The minimum absolute atomic E-state index is 0.109. The minimum Gasteiger partial charge on any atom is -0.444 e. The molecule has 2 rings (SSSR count). The van der Waals surface area contributed by atoms with Gasteiger partial charge in [-0.3, -0.25) is 0 Å². The fourth-order valence-corrected chi connectivity index (χ4v) is 2.92. The van der Waals surface area contributed by atoms with Crippen LogP contribution < -0.4 is 0 Å². The second kappa shape index (κ2) is 6.36. The number of ether oxygens (including phenoxy) is 2. The van der Waals surface area contributed by atoms with Crippen molar-refractivity contribution in [1.82, 2.24) is 4.90 Å². The smallest absolute Gasteiger partial charge is 0.410 e. The summed E-state index contributed by atoms with van der Waals surface area (Å²) in [6, 6.07) is 6.18. The van der Waals surface area contributed by atoms with Gasteiger partial charge in [0.05, 0.1) is 13.2 Å². The number of rotatable bonds is 1. The summed E-state index contributed by atoms with van der Waals surface area (Å²) >= 11 is 3.50. The van der Waals surface area contributed by atoms with Crippen molar-refractivity contribution in [1.29, 1.82) is 0 Å². The fraction of sp³-hybridized carbons (Fsp3) is 0.562. The molecule has 1 aliphatic rings. The molecule has 0 radical (unpaired) electrons. The lowest BCUT2D eigenvalue weighted by Gasteiger charge is -2.34. The molecule has 1 atom stereocenters. The third-order valence-corrected chi connectivity index (χ3v) is 3.61. The van der Waals surface area contributed by atoms with E-state index in [2.05, 4.69) is 28.1 Å². The van der Waals surface area contributed by atoms with Crippen LogP contribution in [0.1, 0.15) is 38.0 Å². The number of morpholine rings is 1. The number of benzene rings is 1. The number of hydrogen-bond acceptors (Lipinski definition) is 3. The highest BCUT2D eigenvalue weighted by Crippen LogP contribution is 2.27. The van der Waals surface area contributed by atoms with Crippen LogP contribution in [0.3, 0.4) is 0 Å². The van der Waals surface area contributed by atoms with Gasteiger partial charge < -0.3 is 14.4 Å². The molecule has 0 N–H and O–H groups in total. The molecule has 1 amide bonds. The van der Waals surface area contributed by atoms with E-state index in [1.165, 1.54) is 0 Å². The Morgan fingerprint density at radius 2 is 2.10 bits per heavy atom. The van der Waals surface area contributed by atoms with Crippen LogP contribution in [-0.2, 0) is 9.47 Å². The van der Waals surface area contributed by atoms with Crippen LogP contribution in [0.5, 0.6) is 0 Å². The Bertz CT molecular complexity index is 504. The molecule has 21 heavy (non-hydrogen) atoms. The van der Waals surface area contributed by atoms with Crippen molar-refractivity contribution in [2.45, 2.75) is 39.4 Å². The topological polar surface area (TPSA) is 38.8 Å². The first-order valence-electron chi connectivity index (χ1n) is 7.11. The van der Waals surface area contributed by atoms with Gasteiger partial charge in [-0.1, -0.05) is 22.0 Å². The minimum atomic E-state index is -0.475. The normalized spacial score (nSPS) is 19.5. The second-order valence-corrected chi connectivity index (χ2v) is 7.26. The van der Waals surface area contributed by atoms with Gasteiger partial charge >= 0.3 is 6.09 Å². The summed E-state index contributed by atoms with van der Waals surface area (Å²) in [5.74, 6) is 0. The number of nitrogens with zero attached hydrogens (tertiary/aromatic N) is 1. The average molecular weight is 356 g/mol. The van der Waals surface area contributed by atoms with E-state index in [4.69, 9.17) is 9.47 Å². The van der Waals surface area contributed by atoms with Crippen molar-refractivity contribution < 1.29 is 14.3 Å². The number of amides is 1. The van der Waals surface area contributed by atoms with Gasteiger partial charge in [0.1, 0.15) is 11.7 Å². The standard InChI is InChI=1S/C16H22BrNO3/c1-11-7-12(9-13(17)8-11)14-10-18(5-6-20-14)15(19)21-16(2,3)4/h7-9,14H,5-6,10H2,1-4H3. The van der Waals surface area contributed by atoms with Gasteiger partial charge in [0.25, 0.3) is 0 Å². The molecule has 1 aromatic rings. The summed E-state index contributed by atoms with van der Waals surface area (Å²) in [5.41, 5.74) is 1.77. The molecule has 1 aliphatic heterocycles. The van der Waals surface area contributed by atoms with Crippen LogP contribution in [0.4, 0.5) is 4.79 Å². The van der Waals surface area contributed by atoms with E-state index in [1.54, 1.807) is 4.90 Å². The Morgan fingerprint density at radius 3 is 2.71 bits per heavy atom. The molecule has 1 fully saturated rings. The van der Waals surface area contributed by atoms with Gasteiger partial charge in [-0.2, -0.15) is 0 Å². The summed E-state index contributed by atoms with van der Waals surface area (Å²) in [6.07, 6.45) is -0.384. The first kappa shape index (κ1) is 16.3. The maximum absolute atomic E-state index is 12.2. The van der Waals surface area contributed by atoms with Crippen molar-refractivity contribution in [3.8, 4) is 0 Å². The SMILES string of the molecule is Cc1cc(Br)cc(C2CN(C(=O)OC(C)(C)C)CCO2)c1. The van der Waals surface area contributed by atoms with Crippen LogP contribution in [0.25, 0.3) is 0 Å². The average Bonchev–Trinajstić information content (AvgIpc) is 2.36. The van der Waals surface area contributed by atoms with Gasteiger partial charge in [0, 0.05) is 11.0 Å². The first-order chi connectivity index (χ1) is 9.74. The van der Waals surface area contributed by atoms with E-state index in [1.807, 2.05) is 33.8 Å². The zero-order valence-corrected chi connectivity index (χ0v) is 14.6. The number of carbonyl (C=O) groups excluding carboxylic acids is 1. The van der Waals surface area contributed by atoms with Crippen molar-refractivity contribution in [3.63, 3.8) is 0 Å². The van der Waals surface area contributed by atoms with E-state index in [0.717, 1.165) is 15.6 Å². The Balaban J connectivity index is 2.08. The zero-order chi connectivity index (χ0) is 15.6. The van der Waals surface area contributed by atoms with E-state index < -0.39 is 5.60 Å². The molecule has 0 saturated carbocycles. The number of hydrogen-bond donors (Lipinski definition) is 0. The largest absolute Gasteiger partial charge is 0.444 e. The quantitative estimate of drug-likeness (QED) is 0.762. The molecular formula is C16H22BrNO3. The van der Waals surface area contributed by atoms with Gasteiger partial charge in [0.15, 0.2) is 0 Å². The van der Waals surface area contributed by atoms with Crippen molar-refractivity contribution in [2.75, 3.05) is 19.7 Å². The maximum atomic E-state index is 12.2. The van der Waals surface area contributed by atoms with Crippen LogP contribution in [0.2, 0.25) is 0 Å². The molecule has 116 valence electrons. The van der Waals surface area contributed by atoms with E-state index in [0.29, 0.717) is 19.7 Å². The van der Waals surface area contributed by atoms with Crippen LogP contribution in [-0.4, -0.2) is 36.3 Å². The van der Waals surface area contributed by atoms with E-state index in [-0.39, 0.29) is 12.2 Å².